The molecule has 0 N–H and O–H groups in total. The Labute approximate surface area is 130 Å². The Hall–Kier alpha value is -1.51. The fraction of sp³-hybridized carbons (Fsp3) is 0.462. The number of carbonyl (C=O) groups is 1. The highest BCUT2D eigenvalue weighted by molar-refractivity contribution is 9.10. The number of halogens is 1. The molecule has 1 fully saturated rings. The first kappa shape index (κ1) is 15.9. The molecule has 1 saturated heterocycles. The van der Waals surface area contributed by atoms with Gasteiger partial charge in [-0.2, -0.15) is 0 Å². The van der Waals surface area contributed by atoms with Crippen LogP contribution in [0.5, 0.6) is 0 Å². The second-order valence-electron chi connectivity index (χ2n) is 4.65. The van der Waals surface area contributed by atoms with Crippen LogP contribution in [0.25, 0.3) is 0 Å². The average Bonchev–Trinajstić information content (AvgIpc) is 2.48. The highest BCUT2D eigenvalue weighted by atomic mass is 79.9. The molecule has 7 nitrogen and oxygen atoms in total. The summed E-state index contributed by atoms with van der Waals surface area (Å²) in [5.41, 5.74) is 0.666. The molecular weight excluding hydrogens is 344 g/mol. The lowest BCUT2D eigenvalue weighted by molar-refractivity contribution is -0.385. The van der Waals surface area contributed by atoms with Crippen molar-refractivity contribution < 1.29 is 19.2 Å². The van der Waals surface area contributed by atoms with E-state index in [1.54, 1.807) is 12.1 Å². The highest BCUT2D eigenvalue weighted by Crippen LogP contribution is 2.25. The van der Waals surface area contributed by atoms with Crippen LogP contribution in [0, 0.1) is 10.1 Å². The van der Waals surface area contributed by atoms with Crippen LogP contribution in [0.3, 0.4) is 0 Å². The van der Waals surface area contributed by atoms with Crippen molar-refractivity contribution in [3.8, 4) is 0 Å². The summed E-state index contributed by atoms with van der Waals surface area (Å²) >= 11 is 3.23. The van der Waals surface area contributed by atoms with Gasteiger partial charge >= 0.3 is 5.97 Å². The molecule has 0 spiro atoms. The summed E-state index contributed by atoms with van der Waals surface area (Å²) in [6.07, 6.45) is -0.641. The molecule has 1 atom stereocenters. The Morgan fingerprint density at radius 3 is 3.05 bits per heavy atom. The molecule has 8 heteroatoms. The van der Waals surface area contributed by atoms with E-state index in [1.165, 1.54) is 13.2 Å². The van der Waals surface area contributed by atoms with E-state index in [-0.39, 0.29) is 5.69 Å². The minimum Gasteiger partial charge on any atom is -0.467 e. The lowest BCUT2D eigenvalue weighted by atomic mass is 10.1. The molecule has 0 bridgehead atoms. The van der Waals surface area contributed by atoms with E-state index in [2.05, 4.69) is 20.7 Å². The molecule has 21 heavy (non-hydrogen) atoms. The molecule has 1 aromatic carbocycles. The second-order valence-corrected chi connectivity index (χ2v) is 5.56. The molecule has 1 aliphatic rings. The van der Waals surface area contributed by atoms with Gasteiger partial charge in [0, 0.05) is 35.7 Å². The average molecular weight is 359 g/mol. The Bertz CT molecular complexity index is 551. The van der Waals surface area contributed by atoms with Crippen LogP contribution in [0.2, 0.25) is 0 Å². The van der Waals surface area contributed by atoms with Crippen LogP contribution in [-0.2, 0) is 20.8 Å². The summed E-state index contributed by atoms with van der Waals surface area (Å²) in [6, 6.07) is 4.96. The van der Waals surface area contributed by atoms with Crippen molar-refractivity contribution in [2.24, 2.45) is 0 Å². The van der Waals surface area contributed by atoms with Gasteiger partial charge in [0.05, 0.1) is 18.6 Å². The molecular formula is C13H15BrN2O5. The monoisotopic (exact) mass is 358 g/mol. The zero-order chi connectivity index (χ0) is 15.4. The van der Waals surface area contributed by atoms with Gasteiger partial charge in [-0.15, -0.1) is 0 Å². The molecule has 0 saturated carbocycles. The SMILES string of the molecule is COC(=O)C1CN(Cc2ccc(Br)cc2[N+](=O)[O-])CCO1. The lowest BCUT2D eigenvalue weighted by Gasteiger charge is -2.31. The van der Waals surface area contributed by atoms with Crippen molar-refractivity contribution in [1.29, 1.82) is 0 Å². The number of morpholine rings is 1. The lowest BCUT2D eigenvalue weighted by Crippen LogP contribution is -2.46. The Morgan fingerprint density at radius 1 is 1.62 bits per heavy atom. The molecule has 0 aromatic heterocycles. The van der Waals surface area contributed by atoms with Crippen LogP contribution in [0.15, 0.2) is 22.7 Å². The van der Waals surface area contributed by atoms with Crippen molar-refractivity contribution in [3.63, 3.8) is 0 Å². The van der Waals surface area contributed by atoms with Crippen LogP contribution in [-0.4, -0.2) is 48.7 Å². The molecule has 1 unspecified atom stereocenters. The first-order valence-electron chi connectivity index (χ1n) is 6.36. The summed E-state index contributed by atoms with van der Waals surface area (Å²) in [6.45, 7) is 1.76. The number of ether oxygens (including phenoxy) is 2. The van der Waals surface area contributed by atoms with Crippen molar-refractivity contribution in [1.82, 2.24) is 4.90 Å². The normalized spacial score (nSPS) is 19.2. The minimum absolute atomic E-state index is 0.0606. The maximum Gasteiger partial charge on any atom is 0.336 e. The summed E-state index contributed by atoms with van der Waals surface area (Å²) < 4.78 is 10.7. The number of esters is 1. The van der Waals surface area contributed by atoms with Gasteiger partial charge in [0.25, 0.3) is 5.69 Å². The van der Waals surface area contributed by atoms with Gasteiger partial charge in [0.1, 0.15) is 0 Å². The molecule has 0 aliphatic carbocycles. The number of benzene rings is 1. The number of nitro groups is 1. The van der Waals surface area contributed by atoms with E-state index in [0.717, 1.165) is 0 Å². The summed E-state index contributed by atoms with van der Waals surface area (Å²) in [4.78, 5) is 24.1. The van der Waals surface area contributed by atoms with Gasteiger partial charge in [0.2, 0.25) is 0 Å². The third kappa shape index (κ3) is 3.99. The van der Waals surface area contributed by atoms with Gasteiger partial charge < -0.3 is 9.47 Å². The van der Waals surface area contributed by atoms with E-state index in [9.17, 15) is 14.9 Å². The minimum atomic E-state index is -0.641. The van der Waals surface area contributed by atoms with Gasteiger partial charge in [-0.25, -0.2) is 4.79 Å². The largest absolute Gasteiger partial charge is 0.467 e. The summed E-state index contributed by atoms with van der Waals surface area (Å²) in [5.74, 6) is -0.426. The van der Waals surface area contributed by atoms with Gasteiger partial charge in [-0.05, 0) is 12.1 Å². The van der Waals surface area contributed by atoms with Gasteiger partial charge in [-0.1, -0.05) is 15.9 Å². The smallest absolute Gasteiger partial charge is 0.336 e. The van der Waals surface area contributed by atoms with Crippen LogP contribution in [0.4, 0.5) is 5.69 Å². The molecule has 2 rings (SSSR count). The zero-order valence-corrected chi connectivity index (χ0v) is 13.0. The van der Waals surface area contributed by atoms with E-state index < -0.39 is 17.0 Å². The summed E-state index contributed by atoms with van der Waals surface area (Å²) in [5, 5.41) is 11.1. The second kappa shape index (κ2) is 6.97. The van der Waals surface area contributed by atoms with Crippen LogP contribution < -0.4 is 0 Å². The third-order valence-corrected chi connectivity index (χ3v) is 3.75. The van der Waals surface area contributed by atoms with E-state index in [0.29, 0.717) is 36.3 Å². The predicted molar refractivity (Wildman–Crippen MR) is 77.8 cm³/mol. The number of rotatable bonds is 4. The molecule has 1 aliphatic heterocycles. The fourth-order valence-electron chi connectivity index (χ4n) is 2.20. The van der Waals surface area contributed by atoms with Crippen LogP contribution >= 0.6 is 15.9 Å². The van der Waals surface area contributed by atoms with Gasteiger partial charge in [-0.3, -0.25) is 15.0 Å². The number of hydrogen-bond acceptors (Lipinski definition) is 6. The van der Waals surface area contributed by atoms with E-state index in [1.807, 2.05) is 4.90 Å². The Kier molecular flexibility index (Phi) is 5.27. The van der Waals surface area contributed by atoms with Crippen molar-refractivity contribution in [2.45, 2.75) is 12.6 Å². The zero-order valence-electron chi connectivity index (χ0n) is 11.5. The standard InChI is InChI=1S/C13H15BrN2O5/c1-20-13(17)12-8-15(4-5-21-12)7-9-2-3-10(14)6-11(9)16(18)19/h2-3,6,12H,4-5,7-8H2,1H3. The fourth-order valence-corrected chi connectivity index (χ4v) is 2.55. The number of methoxy groups -OCH3 is 1. The first-order valence-corrected chi connectivity index (χ1v) is 7.15. The molecule has 0 radical (unpaired) electrons. The van der Waals surface area contributed by atoms with Crippen LogP contribution in [0.1, 0.15) is 5.56 Å². The van der Waals surface area contributed by atoms with Gasteiger partial charge in [0.15, 0.2) is 6.10 Å². The molecule has 0 amide bonds. The Morgan fingerprint density at radius 2 is 2.38 bits per heavy atom. The third-order valence-electron chi connectivity index (χ3n) is 3.25. The maximum absolute atomic E-state index is 11.5. The van der Waals surface area contributed by atoms with Crippen molar-refractivity contribution in [3.05, 3.63) is 38.3 Å². The van der Waals surface area contributed by atoms with E-state index >= 15 is 0 Å². The number of carbonyl (C=O) groups excluding carboxylic acids is 1. The summed E-state index contributed by atoms with van der Waals surface area (Å²) in [7, 11) is 1.31. The highest BCUT2D eigenvalue weighted by Gasteiger charge is 2.28. The molecule has 1 heterocycles. The topological polar surface area (TPSA) is 81.9 Å². The van der Waals surface area contributed by atoms with Crippen molar-refractivity contribution in [2.75, 3.05) is 26.8 Å². The predicted octanol–water partition coefficient (Wildman–Crippen LogP) is 1.73. The number of nitro benzene ring substituents is 1. The number of nitrogens with zero attached hydrogens (tertiary/aromatic N) is 2. The maximum atomic E-state index is 11.5. The first-order chi connectivity index (χ1) is 10.0. The Balaban J connectivity index is 2.11. The van der Waals surface area contributed by atoms with Crippen molar-refractivity contribution >= 4 is 27.6 Å². The quantitative estimate of drug-likeness (QED) is 0.463. The molecule has 1 aromatic rings. The number of hydrogen-bond donors (Lipinski definition) is 0. The van der Waals surface area contributed by atoms with E-state index in [4.69, 9.17) is 4.74 Å². The molecule has 114 valence electrons.